The summed E-state index contributed by atoms with van der Waals surface area (Å²) in [7, 11) is 0. The molecular formula is C12H22N2O4. The van der Waals surface area contributed by atoms with Crippen LogP contribution in [0.5, 0.6) is 0 Å². The van der Waals surface area contributed by atoms with E-state index in [4.69, 9.17) is 15.6 Å². The fourth-order valence-electron chi connectivity index (χ4n) is 1.75. The molecule has 2 atom stereocenters. The number of nitrogens with two attached hydrogens (primary N) is 1. The number of hydrogen-bond acceptors (Lipinski definition) is 3. The van der Waals surface area contributed by atoms with Crippen LogP contribution >= 0.6 is 0 Å². The van der Waals surface area contributed by atoms with Gasteiger partial charge >= 0.3 is 12.2 Å². The van der Waals surface area contributed by atoms with Crippen molar-refractivity contribution in [3.63, 3.8) is 0 Å². The summed E-state index contributed by atoms with van der Waals surface area (Å²) in [4.78, 5) is 20.2. The lowest BCUT2D eigenvalue weighted by Crippen LogP contribution is -2.32. The molecule has 2 fully saturated rings. The second-order valence-corrected chi connectivity index (χ2v) is 5.06. The maximum atomic E-state index is 10.1. The molecule has 18 heavy (non-hydrogen) atoms. The number of hydrogen-bond donors (Lipinski definition) is 3. The summed E-state index contributed by atoms with van der Waals surface area (Å²) in [5, 5.41) is 10.7. The number of nitrogens with one attached hydrogen (secondary N) is 1. The highest BCUT2D eigenvalue weighted by atomic mass is 16.6. The van der Waals surface area contributed by atoms with E-state index in [-0.39, 0.29) is 12.1 Å². The van der Waals surface area contributed by atoms with Gasteiger partial charge in [0.05, 0.1) is 0 Å². The Kier molecular flexibility index (Phi) is 5.25. The molecule has 4 N–H and O–H groups in total. The zero-order valence-corrected chi connectivity index (χ0v) is 10.9. The fraction of sp³-hybridized carbons (Fsp3) is 0.833. The first-order chi connectivity index (χ1) is 8.40. The van der Waals surface area contributed by atoms with Gasteiger partial charge in [-0.15, -0.1) is 0 Å². The SMILES string of the molecule is CC(NC(=O)O)C1CC1.CC(OC(N)=O)C1CC1. The molecule has 2 aliphatic carbocycles. The van der Waals surface area contributed by atoms with Crippen LogP contribution in [-0.4, -0.2) is 29.4 Å². The molecule has 0 bridgehead atoms. The number of carbonyl (C=O) groups is 2. The van der Waals surface area contributed by atoms with Crippen LogP contribution in [0.25, 0.3) is 0 Å². The van der Waals surface area contributed by atoms with Gasteiger partial charge in [-0.05, 0) is 51.4 Å². The Hall–Kier alpha value is -1.46. The third kappa shape index (κ3) is 6.32. The number of amides is 2. The van der Waals surface area contributed by atoms with Crippen molar-refractivity contribution in [1.29, 1.82) is 0 Å². The summed E-state index contributed by atoms with van der Waals surface area (Å²) in [5.41, 5.74) is 4.80. The molecule has 6 nitrogen and oxygen atoms in total. The minimum absolute atomic E-state index is 0.0301. The topological polar surface area (TPSA) is 102 Å². The first kappa shape index (κ1) is 14.6. The number of ether oxygens (including phenoxy) is 1. The number of carbonyl (C=O) groups excluding carboxylic acids is 1. The maximum absolute atomic E-state index is 10.1. The van der Waals surface area contributed by atoms with Gasteiger partial charge in [-0.2, -0.15) is 0 Å². The van der Waals surface area contributed by atoms with E-state index >= 15 is 0 Å². The van der Waals surface area contributed by atoms with Gasteiger partial charge < -0.3 is 20.9 Å². The van der Waals surface area contributed by atoms with E-state index in [9.17, 15) is 9.59 Å². The van der Waals surface area contributed by atoms with Crippen molar-refractivity contribution < 1.29 is 19.4 Å². The van der Waals surface area contributed by atoms with E-state index in [1.165, 1.54) is 25.7 Å². The molecule has 2 aliphatic rings. The lowest BCUT2D eigenvalue weighted by atomic mass is 10.2. The lowest BCUT2D eigenvalue weighted by Gasteiger charge is -2.07. The van der Waals surface area contributed by atoms with E-state index in [1.807, 2.05) is 13.8 Å². The van der Waals surface area contributed by atoms with Gasteiger partial charge in [0.2, 0.25) is 0 Å². The Morgan fingerprint density at radius 3 is 2.06 bits per heavy atom. The van der Waals surface area contributed by atoms with E-state index < -0.39 is 12.2 Å². The van der Waals surface area contributed by atoms with Crippen molar-refractivity contribution in [2.45, 2.75) is 51.7 Å². The Bertz CT molecular complexity index is 270. The highest BCUT2D eigenvalue weighted by Crippen LogP contribution is 2.33. The second-order valence-electron chi connectivity index (χ2n) is 5.06. The summed E-state index contributed by atoms with van der Waals surface area (Å²) in [6.07, 6.45) is 3.18. The third-order valence-corrected chi connectivity index (χ3v) is 3.27. The van der Waals surface area contributed by atoms with E-state index in [1.54, 1.807) is 0 Å². The highest BCUT2D eigenvalue weighted by Gasteiger charge is 2.30. The predicted octanol–water partition coefficient (Wildman–Crippen LogP) is 1.93. The summed E-state index contributed by atoms with van der Waals surface area (Å²) in [6, 6.07) is 0.155. The average Bonchev–Trinajstić information content (AvgIpc) is 3.11. The first-order valence-electron chi connectivity index (χ1n) is 6.35. The Morgan fingerprint density at radius 2 is 1.72 bits per heavy atom. The molecule has 0 aromatic rings. The number of rotatable bonds is 4. The summed E-state index contributed by atoms with van der Waals surface area (Å²) >= 11 is 0. The first-order valence-corrected chi connectivity index (χ1v) is 6.35. The highest BCUT2D eigenvalue weighted by molar-refractivity contribution is 5.65. The van der Waals surface area contributed by atoms with Gasteiger partial charge in [0, 0.05) is 6.04 Å². The zero-order valence-electron chi connectivity index (χ0n) is 10.9. The van der Waals surface area contributed by atoms with Gasteiger partial charge in [0.1, 0.15) is 6.10 Å². The van der Waals surface area contributed by atoms with Crippen LogP contribution in [0, 0.1) is 11.8 Å². The molecule has 2 unspecified atom stereocenters. The van der Waals surface area contributed by atoms with Crippen molar-refractivity contribution in [3.05, 3.63) is 0 Å². The Labute approximate surface area is 107 Å². The monoisotopic (exact) mass is 258 g/mol. The van der Waals surface area contributed by atoms with Crippen LogP contribution in [0.2, 0.25) is 0 Å². The summed E-state index contributed by atoms with van der Waals surface area (Å²) < 4.78 is 4.71. The second kappa shape index (κ2) is 6.47. The van der Waals surface area contributed by atoms with Crippen LogP contribution < -0.4 is 11.1 Å². The smallest absolute Gasteiger partial charge is 0.404 e. The number of carboxylic acid groups (broad SMARTS) is 1. The molecule has 2 rings (SSSR count). The van der Waals surface area contributed by atoms with Gasteiger partial charge in [0.25, 0.3) is 0 Å². The fourth-order valence-corrected chi connectivity index (χ4v) is 1.75. The summed E-state index contributed by atoms with van der Waals surface area (Å²) in [6.45, 7) is 3.79. The quantitative estimate of drug-likeness (QED) is 0.717. The molecule has 0 heterocycles. The maximum Gasteiger partial charge on any atom is 0.404 e. The van der Waals surface area contributed by atoms with Crippen molar-refractivity contribution in [3.8, 4) is 0 Å². The Balaban J connectivity index is 0.000000180. The molecule has 6 heteroatoms. The minimum atomic E-state index is -0.908. The molecule has 0 saturated heterocycles. The van der Waals surface area contributed by atoms with Crippen LogP contribution in [0.15, 0.2) is 0 Å². The predicted molar refractivity (Wildman–Crippen MR) is 66.2 cm³/mol. The van der Waals surface area contributed by atoms with Crippen molar-refractivity contribution in [2.24, 2.45) is 17.6 Å². The molecule has 0 spiro atoms. The van der Waals surface area contributed by atoms with Crippen molar-refractivity contribution in [2.75, 3.05) is 0 Å². The summed E-state index contributed by atoms with van der Waals surface area (Å²) in [5.74, 6) is 1.19. The van der Waals surface area contributed by atoms with Gasteiger partial charge in [-0.3, -0.25) is 0 Å². The molecule has 104 valence electrons. The van der Waals surface area contributed by atoms with Crippen molar-refractivity contribution in [1.82, 2.24) is 5.32 Å². The standard InChI is InChI=1S/2C6H11NO2/c1-4(5-2-3-5)9-6(7)8;1-4(5-2-3-5)7-6(8)9/h4-5H,2-3H2,1H3,(H2,7,8);4-5,7H,2-3H2,1H3,(H,8,9). The van der Waals surface area contributed by atoms with Crippen LogP contribution in [0.3, 0.4) is 0 Å². The van der Waals surface area contributed by atoms with E-state index in [0.717, 1.165) is 0 Å². The zero-order chi connectivity index (χ0) is 13.7. The van der Waals surface area contributed by atoms with E-state index in [0.29, 0.717) is 11.8 Å². The van der Waals surface area contributed by atoms with Crippen LogP contribution in [0.1, 0.15) is 39.5 Å². The molecule has 0 aromatic heterocycles. The minimum Gasteiger partial charge on any atom is -0.465 e. The van der Waals surface area contributed by atoms with Gasteiger partial charge in [-0.25, -0.2) is 9.59 Å². The molecule has 0 radical (unpaired) electrons. The molecule has 2 amide bonds. The van der Waals surface area contributed by atoms with E-state index in [2.05, 4.69) is 5.32 Å². The van der Waals surface area contributed by atoms with Crippen molar-refractivity contribution >= 4 is 12.2 Å². The number of primary amides is 1. The molecule has 2 saturated carbocycles. The van der Waals surface area contributed by atoms with Crippen LogP contribution in [-0.2, 0) is 4.74 Å². The van der Waals surface area contributed by atoms with Gasteiger partial charge in [-0.1, -0.05) is 0 Å². The molecule has 0 aliphatic heterocycles. The average molecular weight is 258 g/mol. The normalized spacial score (nSPS) is 21.0. The Morgan fingerprint density at radius 1 is 1.22 bits per heavy atom. The van der Waals surface area contributed by atoms with Gasteiger partial charge in [0.15, 0.2) is 0 Å². The molecular weight excluding hydrogens is 236 g/mol. The third-order valence-electron chi connectivity index (χ3n) is 3.27. The molecule has 0 aromatic carbocycles. The lowest BCUT2D eigenvalue weighted by molar-refractivity contribution is 0.104. The largest absolute Gasteiger partial charge is 0.465 e. The van der Waals surface area contributed by atoms with Crippen LogP contribution in [0.4, 0.5) is 9.59 Å².